The molecule has 1 radical (unpaired) electrons. The van der Waals surface area contributed by atoms with Crippen molar-refractivity contribution in [2.24, 2.45) is 0 Å². The maximum Gasteiger partial charge on any atom is 0.312 e. The summed E-state index contributed by atoms with van der Waals surface area (Å²) in [5, 5.41) is 0. The third-order valence-electron chi connectivity index (χ3n) is 3.14. The van der Waals surface area contributed by atoms with Crippen molar-refractivity contribution in [2.75, 3.05) is 32.8 Å². The quantitative estimate of drug-likeness (QED) is 0.652. The zero-order chi connectivity index (χ0) is 11.4. The number of hydrogen-bond donors (Lipinski definition) is 0. The molecule has 1 atom stereocenters. The molecule has 5 nitrogen and oxygen atoms in total. The minimum atomic E-state index is -0.478. The van der Waals surface area contributed by atoms with Crippen LogP contribution in [-0.4, -0.2) is 61.0 Å². The molecule has 0 bridgehead atoms. The number of rotatable bonds is 2. The highest BCUT2D eigenvalue weighted by Crippen LogP contribution is 2.13. The summed E-state index contributed by atoms with van der Waals surface area (Å²) < 4.78 is 5.41. The normalized spacial score (nSPS) is 26.6. The Morgan fingerprint density at radius 3 is 2.62 bits per heavy atom. The molecule has 0 saturated carbocycles. The van der Waals surface area contributed by atoms with Crippen LogP contribution < -0.4 is 0 Å². The van der Waals surface area contributed by atoms with Crippen LogP contribution in [0.4, 0.5) is 0 Å². The van der Waals surface area contributed by atoms with Gasteiger partial charge in [0.2, 0.25) is 0 Å². The van der Waals surface area contributed by atoms with Gasteiger partial charge in [-0.2, -0.15) is 0 Å². The van der Waals surface area contributed by atoms with Crippen molar-refractivity contribution in [2.45, 2.75) is 25.4 Å². The first-order valence-corrected chi connectivity index (χ1v) is 5.84. The van der Waals surface area contributed by atoms with Gasteiger partial charge in [-0.15, -0.1) is 0 Å². The van der Waals surface area contributed by atoms with Gasteiger partial charge in [-0.1, -0.05) is 0 Å². The molecule has 89 valence electrons. The Morgan fingerprint density at radius 1 is 1.19 bits per heavy atom. The van der Waals surface area contributed by atoms with Gasteiger partial charge in [0.15, 0.2) is 6.10 Å². The Labute approximate surface area is 95.3 Å². The van der Waals surface area contributed by atoms with Crippen molar-refractivity contribution in [3.05, 3.63) is 0 Å². The molecule has 0 aromatic carbocycles. The number of piperidine rings is 1. The molecule has 2 heterocycles. The van der Waals surface area contributed by atoms with E-state index in [9.17, 15) is 9.59 Å². The first-order valence-electron chi connectivity index (χ1n) is 5.84. The minimum Gasteiger partial charge on any atom is -0.365 e. The SMILES string of the molecule is O=[C]N1CCOC(C(=O)N2CCCCC2)C1. The second-order valence-corrected chi connectivity index (χ2v) is 4.28. The van der Waals surface area contributed by atoms with Crippen LogP contribution in [-0.2, 0) is 14.3 Å². The summed E-state index contributed by atoms with van der Waals surface area (Å²) in [7, 11) is 0. The van der Waals surface area contributed by atoms with Crippen molar-refractivity contribution in [1.29, 1.82) is 0 Å². The summed E-state index contributed by atoms with van der Waals surface area (Å²) in [4.78, 5) is 25.9. The van der Waals surface area contributed by atoms with Crippen molar-refractivity contribution in [3.63, 3.8) is 0 Å². The Kier molecular flexibility index (Phi) is 3.77. The molecule has 1 unspecified atom stereocenters. The lowest BCUT2D eigenvalue weighted by molar-refractivity contribution is -0.148. The van der Waals surface area contributed by atoms with Gasteiger partial charge < -0.3 is 14.5 Å². The van der Waals surface area contributed by atoms with Crippen LogP contribution in [0.1, 0.15) is 19.3 Å². The highest BCUT2D eigenvalue weighted by molar-refractivity contribution is 5.81. The van der Waals surface area contributed by atoms with Crippen LogP contribution in [0.2, 0.25) is 0 Å². The molecule has 2 rings (SSSR count). The number of amides is 2. The zero-order valence-corrected chi connectivity index (χ0v) is 9.35. The summed E-state index contributed by atoms with van der Waals surface area (Å²) in [6.07, 6.45) is 4.69. The van der Waals surface area contributed by atoms with E-state index in [0.717, 1.165) is 25.9 Å². The lowest BCUT2D eigenvalue weighted by atomic mass is 10.1. The number of nitrogens with zero attached hydrogens (tertiary/aromatic N) is 2. The molecule has 5 heteroatoms. The standard InChI is InChI=1S/C11H17N2O3/c14-9-12-6-7-16-10(8-12)11(15)13-4-2-1-3-5-13/h10H,1-8H2. The number of carbonyl (C=O) groups is 1. The summed E-state index contributed by atoms with van der Waals surface area (Å²) >= 11 is 0. The van der Waals surface area contributed by atoms with Crippen LogP contribution in [0.3, 0.4) is 0 Å². The van der Waals surface area contributed by atoms with E-state index in [-0.39, 0.29) is 5.91 Å². The number of ether oxygens (including phenoxy) is 1. The molecule has 0 aliphatic carbocycles. The fraction of sp³-hybridized carbons (Fsp3) is 0.818. The maximum absolute atomic E-state index is 12.1. The number of hydrogen-bond acceptors (Lipinski definition) is 3. The Balaban J connectivity index is 1.90. The summed E-state index contributed by atoms with van der Waals surface area (Å²) in [6.45, 7) is 2.96. The van der Waals surface area contributed by atoms with Gasteiger partial charge in [-0.25, -0.2) is 0 Å². The molecular formula is C11H17N2O3. The predicted octanol–water partition coefficient (Wildman–Crippen LogP) is -0.233. The van der Waals surface area contributed by atoms with Crippen LogP contribution >= 0.6 is 0 Å². The molecule has 0 spiro atoms. The molecule has 0 N–H and O–H groups in total. The highest BCUT2D eigenvalue weighted by atomic mass is 16.5. The van der Waals surface area contributed by atoms with Gasteiger partial charge in [0.25, 0.3) is 5.91 Å². The second-order valence-electron chi connectivity index (χ2n) is 4.28. The average molecular weight is 225 g/mol. The topological polar surface area (TPSA) is 49.9 Å². The molecule has 2 fully saturated rings. The van der Waals surface area contributed by atoms with Gasteiger partial charge in [0.1, 0.15) is 0 Å². The third kappa shape index (κ3) is 2.52. The van der Waals surface area contributed by atoms with Crippen molar-refractivity contribution in [3.8, 4) is 0 Å². The van der Waals surface area contributed by atoms with Crippen molar-refractivity contribution >= 4 is 12.3 Å². The van der Waals surface area contributed by atoms with E-state index in [1.54, 1.807) is 0 Å². The lowest BCUT2D eigenvalue weighted by Crippen LogP contribution is -2.51. The number of carbonyl (C=O) groups excluding carboxylic acids is 2. The van der Waals surface area contributed by atoms with Gasteiger partial charge in [0, 0.05) is 19.6 Å². The van der Waals surface area contributed by atoms with Crippen LogP contribution in [0, 0.1) is 0 Å². The molecule has 2 saturated heterocycles. The Hall–Kier alpha value is -1.10. The van der Waals surface area contributed by atoms with E-state index in [4.69, 9.17) is 4.74 Å². The van der Waals surface area contributed by atoms with Crippen LogP contribution in [0.5, 0.6) is 0 Å². The summed E-state index contributed by atoms with van der Waals surface area (Å²) in [5.74, 6) is 0.0275. The van der Waals surface area contributed by atoms with E-state index in [0.29, 0.717) is 19.7 Å². The molecule has 0 aromatic heterocycles. The Morgan fingerprint density at radius 2 is 1.94 bits per heavy atom. The molecule has 16 heavy (non-hydrogen) atoms. The molecule has 2 aliphatic heterocycles. The van der Waals surface area contributed by atoms with Gasteiger partial charge in [-0.05, 0) is 19.3 Å². The van der Waals surface area contributed by atoms with Gasteiger partial charge in [-0.3, -0.25) is 9.59 Å². The first-order chi connectivity index (χ1) is 7.81. The number of morpholine rings is 1. The average Bonchev–Trinajstić information content (AvgIpc) is 2.39. The van der Waals surface area contributed by atoms with Crippen molar-refractivity contribution < 1.29 is 14.3 Å². The van der Waals surface area contributed by atoms with Crippen LogP contribution in [0.25, 0.3) is 0 Å². The molecule has 2 aliphatic rings. The second kappa shape index (κ2) is 5.30. The van der Waals surface area contributed by atoms with Gasteiger partial charge in [0.05, 0.1) is 13.2 Å². The van der Waals surface area contributed by atoms with E-state index in [2.05, 4.69) is 0 Å². The van der Waals surface area contributed by atoms with E-state index >= 15 is 0 Å². The Bertz CT molecular complexity index is 264. The zero-order valence-electron chi connectivity index (χ0n) is 9.35. The minimum absolute atomic E-state index is 0.0275. The smallest absolute Gasteiger partial charge is 0.312 e. The summed E-state index contributed by atoms with van der Waals surface area (Å²) in [5.41, 5.74) is 0. The van der Waals surface area contributed by atoms with Crippen molar-refractivity contribution in [1.82, 2.24) is 9.80 Å². The monoisotopic (exact) mass is 225 g/mol. The molecular weight excluding hydrogens is 208 g/mol. The highest BCUT2D eigenvalue weighted by Gasteiger charge is 2.30. The lowest BCUT2D eigenvalue weighted by Gasteiger charge is -2.34. The maximum atomic E-state index is 12.1. The number of likely N-dealkylation sites (tertiary alicyclic amines) is 1. The largest absolute Gasteiger partial charge is 0.365 e. The molecule has 2 amide bonds. The third-order valence-corrected chi connectivity index (χ3v) is 3.14. The van der Waals surface area contributed by atoms with Crippen LogP contribution in [0.15, 0.2) is 0 Å². The predicted molar refractivity (Wildman–Crippen MR) is 57.4 cm³/mol. The van der Waals surface area contributed by atoms with E-state index in [1.807, 2.05) is 11.3 Å². The van der Waals surface area contributed by atoms with E-state index < -0.39 is 6.10 Å². The van der Waals surface area contributed by atoms with Gasteiger partial charge >= 0.3 is 6.41 Å². The fourth-order valence-corrected chi connectivity index (χ4v) is 2.20. The summed E-state index contributed by atoms with van der Waals surface area (Å²) in [6, 6.07) is 0. The molecule has 0 aromatic rings. The fourth-order valence-electron chi connectivity index (χ4n) is 2.20. The van der Waals surface area contributed by atoms with E-state index in [1.165, 1.54) is 11.3 Å². The first kappa shape index (κ1) is 11.4.